The van der Waals surface area contributed by atoms with Crippen LogP contribution >= 0.6 is 35.6 Å². The molecule has 0 aliphatic heterocycles. The maximum absolute atomic E-state index is 6.09. The van der Waals surface area contributed by atoms with Crippen LogP contribution in [-0.2, 0) is 6.42 Å². The van der Waals surface area contributed by atoms with Crippen molar-refractivity contribution < 1.29 is 0 Å². The highest BCUT2D eigenvalue weighted by atomic mass is 127. The molecule has 0 aliphatic rings. The van der Waals surface area contributed by atoms with Gasteiger partial charge in [0.25, 0.3) is 0 Å². The molecule has 0 saturated carbocycles. The minimum atomic E-state index is 0. The number of rotatable bonds is 6. The van der Waals surface area contributed by atoms with Gasteiger partial charge in [0, 0.05) is 30.7 Å². The summed E-state index contributed by atoms with van der Waals surface area (Å²) >= 11 is 6.09. The Balaban J connectivity index is 0.00000261. The van der Waals surface area contributed by atoms with Crippen LogP contribution in [0.3, 0.4) is 0 Å². The molecule has 0 fully saturated rings. The first-order valence-electron chi connectivity index (χ1n) is 8.76. The normalized spacial score (nSPS) is 12.5. The highest BCUT2D eigenvalue weighted by Gasteiger charge is 2.09. The van der Waals surface area contributed by atoms with Crippen molar-refractivity contribution in [2.45, 2.75) is 26.3 Å². The van der Waals surface area contributed by atoms with E-state index in [0.29, 0.717) is 13.0 Å². The van der Waals surface area contributed by atoms with Gasteiger partial charge in [0.15, 0.2) is 11.6 Å². The van der Waals surface area contributed by atoms with E-state index in [1.165, 1.54) is 0 Å². The monoisotopic (exact) mass is 498 g/mol. The Morgan fingerprint density at radius 1 is 1.22 bits per heavy atom. The number of nitrogens with one attached hydrogen (secondary N) is 2. The van der Waals surface area contributed by atoms with Gasteiger partial charge >= 0.3 is 0 Å². The second-order valence-electron chi connectivity index (χ2n) is 5.98. The number of guanidine groups is 1. The van der Waals surface area contributed by atoms with Crippen molar-refractivity contribution in [3.8, 4) is 0 Å². The first-order valence-corrected chi connectivity index (χ1v) is 9.14. The number of hydrogen-bond donors (Lipinski definition) is 2. The molecule has 0 bridgehead atoms. The summed E-state index contributed by atoms with van der Waals surface area (Å²) in [4.78, 5) is 4.66. The average molecular weight is 499 g/mol. The predicted molar refractivity (Wildman–Crippen MR) is 121 cm³/mol. The summed E-state index contributed by atoms with van der Waals surface area (Å²) in [5.41, 5.74) is 1.97. The van der Waals surface area contributed by atoms with Crippen LogP contribution in [0.2, 0.25) is 5.02 Å². The van der Waals surface area contributed by atoms with Crippen LogP contribution in [0, 0.1) is 0 Å². The fourth-order valence-electron chi connectivity index (χ4n) is 2.71. The Hall–Kier alpha value is -1.87. The molecule has 2 aromatic heterocycles. The molecule has 6 nitrogen and oxygen atoms in total. The van der Waals surface area contributed by atoms with Crippen LogP contribution in [0.25, 0.3) is 5.65 Å². The Morgan fingerprint density at radius 3 is 2.85 bits per heavy atom. The number of aliphatic imine (C=N–C) groups is 1. The average Bonchev–Trinajstić information content (AvgIpc) is 3.05. The smallest absolute Gasteiger partial charge is 0.191 e. The number of nitrogens with zero attached hydrogens (tertiary/aromatic N) is 4. The van der Waals surface area contributed by atoms with E-state index in [2.05, 4.69) is 38.8 Å². The molecule has 0 spiro atoms. The van der Waals surface area contributed by atoms with E-state index in [9.17, 15) is 0 Å². The maximum Gasteiger partial charge on any atom is 0.191 e. The van der Waals surface area contributed by atoms with Crippen molar-refractivity contribution in [2.24, 2.45) is 4.99 Å². The molecule has 1 aromatic carbocycles. The molecule has 8 heteroatoms. The molecule has 0 aliphatic carbocycles. The summed E-state index contributed by atoms with van der Waals surface area (Å²) in [6, 6.07) is 13.8. The molecule has 0 amide bonds. The van der Waals surface area contributed by atoms with E-state index in [-0.39, 0.29) is 30.0 Å². The minimum Gasteiger partial charge on any atom is -0.357 e. The summed E-state index contributed by atoms with van der Waals surface area (Å²) in [7, 11) is 0. The molecule has 144 valence electrons. The molecule has 1 unspecified atom stereocenters. The number of pyridine rings is 1. The zero-order chi connectivity index (χ0) is 18.4. The third-order valence-electron chi connectivity index (χ3n) is 4.04. The van der Waals surface area contributed by atoms with Gasteiger partial charge in [0.2, 0.25) is 0 Å². The second-order valence-corrected chi connectivity index (χ2v) is 6.41. The lowest BCUT2D eigenvalue weighted by atomic mass is 10.1. The van der Waals surface area contributed by atoms with Crippen LogP contribution in [-0.4, -0.2) is 33.6 Å². The van der Waals surface area contributed by atoms with Crippen molar-refractivity contribution in [3.05, 3.63) is 65.1 Å². The van der Waals surface area contributed by atoms with E-state index < -0.39 is 0 Å². The molecule has 0 saturated heterocycles. The van der Waals surface area contributed by atoms with E-state index >= 15 is 0 Å². The van der Waals surface area contributed by atoms with Gasteiger partial charge in [0.1, 0.15) is 5.82 Å². The highest BCUT2D eigenvalue weighted by molar-refractivity contribution is 14.0. The standard InChI is InChI=1S/C19H23ClN6.HI/c1-3-21-19(23-14(2)15-7-6-8-16(20)13-15)22-11-10-18-25-24-17-9-4-5-12-26(17)18;/h4-9,12-14H,3,10-11H2,1-2H3,(H2,21,22,23);1H. The highest BCUT2D eigenvalue weighted by Crippen LogP contribution is 2.17. The first-order chi connectivity index (χ1) is 12.7. The Morgan fingerprint density at radius 2 is 2.07 bits per heavy atom. The van der Waals surface area contributed by atoms with Crippen molar-refractivity contribution in [1.29, 1.82) is 0 Å². The maximum atomic E-state index is 6.09. The van der Waals surface area contributed by atoms with E-state index in [1.54, 1.807) is 0 Å². The fraction of sp³-hybridized carbons (Fsp3) is 0.316. The molecule has 0 radical (unpaired) electrons. The molecular weight excluding hydrogens is 475 g/mol. The molecule has 3 rings (SSSR count). The zero-order valence-electron chi connectivity index (χ0n) is 15.4. The Labute approximate surface area is 181 Å². The van der Waals surface area contributed by atoms with Gasteiger partial charge in [0.05, 0.1) is 6.04 Å². The summed E-state index contributed by atoms with van der Waals surface area (Å²) in [5.74, 6) is 1.68. The molecular formula is C19H24ClIN6. The van der Waals surface area contributed by atoms with Crippen molar-refractivity contribution >= 4 is 47.2 Å². The van der Waals surface area contributed by atoms with Crippen LogP contribution in [0.5, 0.6) is 0 Å². The zero-order valence-corrected chi connectivity index (χ0v) is 18.5. The number of aromatic nitrogens is 3. The lowest BCUT2D eigenvalue weighted by Crippen LogP contribution is -2.38. The van der Waals surface area contributed by atoms with Crippen molar-refractivity contribution in [2.75, 3.05) is 13.1 Å². The lowest BCUT2D eigenvalue weighted by Gasteiger charge is -2.18. The van der Waals surface area contributed by atoms with Gasteiger partial charge in [-0.1, -0.05) is 29.8 Å². The SMILES string of the molecule is CCNC(=NCCc1nnc2ccccn12)NC(C)c1cccc(Cl)c1.I. The third-order valence-corrected chi connectivity index (χ3v) is 4.27. The molecule has 27 heavy (non-hydrogen) atoms. The van der Waals surface area contributed by atoms with Gasteiger partial charge in [-0.2, -0.15) is 0 Å². The summed E-state index contributed by atoms with van der Waals surface area (Å²) in [6.07, 6.45) is 2.69. The quantitative estimate of drug-likeness (QED) is 0.308. The van der Waals surface area contributed by atoms with Gasteiger partial charge in [-0.15, -0.1) is 34.2 Å². The number of halogens is 2. The third kappa shape index (κ3) is 5.80. The van der Waals surface area contributed by atoms with Crippen molar-refractivity contribution in [1.82, 2.24) is 25.2 Å². The van der Waals surface area contributed by atoms with Crippen LogP contribution < -0.4 is 10.6 Å². The molecule has 2 heterocycles. The summed E-state index contributed by atoms with van der Waals surface area (Å²) in [5, 5.41) is 15.8. The fourth-order valence-corrected chi connectivity index (χ4v) is 2.91. The predicted octanol–water partition coefficient (Wildman–Crippen LogP) is 3.86. The van der Waals surface area contributed by atoms with E-state index in [0.717, 1.165) is 34.6 Å². The Kier molecular flexibility index (Phi) is 8.30. The van der Waals surface area contributed by atoms with Gasteiger partial charge in [-0.05, 0) is 43.7 Å². The number of hydrogen-bond acceptors (Lipinski definition) is 3. The Bertz CT molecular complexity index is 895. The van der Waals surface area contributed by atoms with E-state index in [1.807, 2.05) is 53.9 Å². The second kappa shape index (κ2) is 10.5. The summed E-state index contributed by atoms with van der Waals surface area (Å²) in [6.45, 7) is 5.55. The van der Waals surface area contributed by atoms with Crippen LogP contribution in [0.15, 0.2) is 53.7 Å². The minimum absolute atomic E-state index is 0. The molecule has 2 N–H and O–H groups in total. The van der Waals surface area contributed by atoms with Crippen LogP contribution in [0.1, 0.15) is 31.3 Å². The van der Waals surface area contributed by atoms with Crippen molar-refractivity contribution in [3.63, 3.8) is 0 Å². The number of fused-ring (bicyclic) bond motifs is 1. The van der Waals surface area contributed by atoms with Crippen LogP contribution in [0.4, 0.5) is 0 Å². The molecule has 1 atom stereocenters. The van der Waals surface area contributed by atoms with Gasteiger partial charge < -0.3 is 10.6 Å². The number of benzene rings is 1. The molecule has 3 aromatic rings. The topological polar surface area (TPSA) is 66.6 Å². The first kappa shape index (κ1) is 21.4. The lowest BCUT2D eigenvalue weighted by molar-refractivity contribution is 0.685. The van der Waals surface area contributed by atoms with Gasteiger partial charge in [-0.3, -0.25) is 9.39 Å². The summed E-state index contributed by atoms with van der Waals surface area (Å²) < 4.78 is 1.99. The van der Waals surface area contributed by atoms with E-state index in [4.69, 9.17) is 11.6 Å². The van der Waals surface area contributed by atoms with Gasteiger partial charge in [-0.25, -0.2) is 0 Å². The largest absolute Gasteiger partial charge is 0.357 e.